The van der Waals surface area contributed by atoms with Gasteiger partial charge in [-0.15, -0.1) is 11.6 Å². The summed E-state index contributed by atoms with van der Waals surface area (Å²) in [6.07, 6.45) is 3.35. The van der Waals surface area contributed by atoms with Gasteiger partial charge in [-0.1, -0.05) is 159 Å². The summed E-state index contributed by atoms with van der Waals surface area (Å²) in [6, 6.07) is 28.6. The van der Waals surface area contributed by atoms with Gasteiger partial charge in [0.1, 0.15) is 11.5 Å². The molecule has 0 N–H and O–H groups in total. The van der Waals surface area contributed by atoms with E-state index in [0.29, 0.717) is 44.7 Å². The number of hydrogen-bond acceptors (Lipinski definition) is 2. The van der Waals surface area contributed by atoms with E-state index in [1.807, 2.05) is 39.0 Å². The van der Waals surface area contributed by atoms with Crippen LogP contribution in [0, 0.1) is 12.1 Å². The summed E-state index contributed by atoms with van der Waals surface area (Å²) < 4.78 is 128. The molecule has 316 valence electrons. The van der Waals surface area contributed by atoms with Crippen LogP contribution in [0.3, 0.4) is 0 Å². The van der Waals surface area contributed by atoms with Crippen molar-refractivity contribution >= 4 is 50.7 Å². The van der Waals surface area contributed by atoms with Gasteiger partial charge >= 0.3 is 27.1 Å². The topological polar surface area (TPSA) is 36.7 Å². The second-order valence-electron chi connectivity index (χ2n) is 17.4. The number of halogens is 2. The monoisotopic (exact) mass is 1030 g/mol. The fourth-order valence-electron chi connectivity index (χ4n) is 7.97. The van der Waals surface area contributed by atoms with E-state index in [0.717, 1.165) is 5.56 Å². The Labute approximate surface area is 401 Å². The van der Waals surface area contributed by atoms with Crippen LogP contribution in [0.4, 0.5) is 31.5 Å². The third-order valence-electron chi connectivity index (χ3n) is 11.3. The zero-order chi connectivity index (χ0) is 52.4. The fourth-order valence-corrected chi connectivity index (χ4v) is 7.97. The first kappa shape index (κ1) is 32.1. The van der Waals surface area contributed by atoms with Crippen molar-refractivity contribution in [2.75, 3.05) is 0 Å². The van der Waals surface area contributed by atoms with Crippen molar-refractivity contribution in [3.63, 3.8) is 0 Å². The van der Waals surface area contributed by atoms with E-state index in [1.165, 1.54) is 39.5 Å². The van der Waals surface area contributed by atoms with E-state index in [4.69, 9.17) is 18.7 Å². The van der Waals surface area contributed by atoms with E-state index >= 15 is 8.78 Å². The Balaban J connectivity index is 0.00000672. The average Bonchev–Trinajstić information content (AvgIpc) is 3.92. The minimum atomic E-state index is -3.71. The van der Waals surface area contributed by atoms with Gasteiger partial charge < -0.3 is 4.57 Å². The maximum atomic E-state index is 17.8. The third-order valence-corrected chi connectivity index (χ3v) is 11.3. The van der Waals surface area contributed by atoms with E-state index in [-0.39, 0.29) is 60.1 Å². The Morgan fingerprint density at radius 3 is 1.91 bits per heavy atom. The second kappa shape index (κ2) is 16.2. The molecule has 6 aromatic carbocycles. The third kappa shape index (κ3) is 7.43. The van der Waals surface area contributed by atoms with Gasteiger partial charge in [0.05, 0.1) is 30.4 Å². The van der Waals surface area contributed by atoms with E-state index in [9.17, 15) is 0 Å². The smallest absolute Gasteiger partial charge is 0.318 e. The minimum Gasteiger partial charge on any atom is -0.318 e. The van der Waals surface area contributed by atoms with Crippen molar-refractivity contribution in [2.24, 2.45) is 0 Å². The molecule has 9 aromatic rings. The predicted octanol–water partition coefficient (Wildman–Crippen LogP) is 14.1. The number of pyridine rings is 2. The molecule has 5 nitrogen and oxygen atoms in total. The van der Waals surface area contributed by atoms with Gasteiger partial charge in [0.15, 0.2) is 0 Å². The molecule has 0 aliphatic carbocycles. The first-order valence-electron chi connectivity index (χ1n) is 25.4. The molecule has 0 amide bonds. The summed E-state index contributed by atoms with van der Waals surface area (Å²) in [7, 11) is 0. The number of nitrogens with zero attached hydrogens (tertiary/aromatic N) is 5. The second-order valence-corrected chi connectivity index (χ2v) is 17.4. The number of fused-ring (bicyclic) bond motifs is 4. The molecule has 0 fully saturated rings. The molecule has 1 aliphatic rings. The van der Waals surface area contributed by atoms with Crippen LogP contribution in [-0.2, 0) is 37.8 Å². The molecular formula is C56H45F2N5Pt+2. The van der Waals surface area contributed by atoms with Crippen LogP contribution in [-0.4, -0.2) is 20.5 Å². The Hall–Kier alpha value is -6.65. The number of alkyl halides is 2. The zero-order valence-electron chi connectivity index (χ0n) is 45.6. The Kier molecular flexibility index (Phi) is 8.10. The van der Waals surface area contributed by atoms with Crippen molar-refractivity contribution in [1.82, 2.24) is 23.7 Å². The first-order valence-corrected chi connectivity index (χ1v) is 20.4. The van der Waals surface area contributed by atoms with Crippen molar-refractivity contribution < 1.29 is 43.6 Å². The minimum absolute atomic E-state index is 0. The van der Waals surface area contributed by atoms with Crippen molar-refractivity contribution in [3.8, 4) is 28.1 Å². The Morgan fingerprint density at radius 1 is 0.625 bits per heavy atom. The van der Waals surface area contributed by atoms with E-state index in [2.05, 4.69) is 43.9 Å². The molecule has 0 saturated heterocycles. The van der Waals surface area contributed by atoms with Gasteiger partial charge in [-0.25, -0.2) is 13.8 Å². The summed E-state index contributed by atoms with van der Waals surface area (Å²) in [5.74, 6) is -3.19. The molecule has 0 saturated carbocycles. The standard InChI is InChI=1S/C56H45F2N5.Pt/c1-54(2,3)39-28-30-59-51(35-39)63-49-25-16-29-60-52(49)46-27-26-40(34-50(46)63)56(57,58)42-31-41(55(4,5)6)32-43(33-42)61-36-62(48-24-14-13-23-47(48)61)53-44(37-17-9-7-10-18-37)21-15-22-45(53)38-19-11-8-12-20-38;/h7-32,35H,1-6H3;/q;+2/i7D,8D,9D,10D,11D,12D,17D,18D,19D,20D;. The van der Waals surface area contributed by atoms with Crippen LogP contribution in [0.25, 0.3) is 50.0 Å². The maximum Gasteiger partial charge on any atom is 2.00 e. The maximum absolute atomic E-state index is 17.8. The normalized spacial score (nSPS) is 15.0. The van der Waals surface area contributed by atoms with Gasteiger partial charge in [-0.05, 0) is 68.5 Å². The van der Waals surface area contributed by atoms with Gasteiger partial charge in [0.2, 0.25) is 5.69 Å². The largest absolute Gasteiger partial charge is 2.00 e. The summed E-state index contributed by atoms with van der Waals surface area (Å²) in [5.41, 5.74) is 1.93. The molecule has 0 unspecified atom stereocenters. The summed E-state index contributed by atoms with van der Waals surface area (Å²) in [5, 5.41) is 0.607. The van der Waals surface area contributed by atoms with Gasteiger partial charge in [0.25, 0.3) is 17.3 Å². The van der Waals surface area contributed by atoms with E-state index < -0.39 is 82.9 Å². The van der Waals surface area contributed by atoms with Crippen LogP contribution in [0.5, 0.6) is 0 Å². The number of rotatable bonds is 7. The summed E-state index contributed by atoms with van der Waals surface area (Å²) in [6.45, 7) is 11.9. The molecule has 64 heavy (non-hydrogen) atoms. The van der Waals surface area contributed by atoms with Crippen LogP contribution in [0.15, 0.2) is 164 Å². The molecule has 1 aliphatic heterocycles. The van der Waals surface area contributed by atoms with Crippen molar-refractivity contribution in [2.45, 2.75) is 58.3 Å². The van der Waals surface area contributed by atoms with E-state index in [1.54, 1.807) is 59.4 Å². The number of hydrogen-bond donors (Lipinski definition) is 0. The average molecular weight is 1030 g/mol. The molecule has 0 atom stereocenters. The summed E-state index contributed by atoms with van der Waals surface area (Å²) in [4.78, 5) is 9.33. The number of para-hydroxylation sites is 3. The van der Waals surface area contributed by atoms with Gasteiger partial charge in [0, 0.05) is 30.0 Å². The predicted molar refractivity (Wildman–Crippen MR) is 253 cm³/mol. The molecule has 4 heterocycles. The van der Waals surface area contributed by atoms with Crippen LogP contribution in [0.2, 0.25) is 0 Å². The van der Waals surface area contributed by atoms with Crippen LogP contribution < -0.4 is 9.15 Å². The molecule has 0 spiro atoms. The quantitative estimate of drug-likeness (QED) is 0.118. The molecule has 8 heteroatoms. The van der Waals surface area contributed by atoms with Crippen molar-refractivity contribution in [1.29, 1.82) is 0 Å². The Morgan fingerprint density at radius 2 is 1.27 bits per heavy atom. The van der Waals surface area contributed by atoms with Crippen LogP contribution >= 0.6 is 0 Å². The van der Waals surface area contributed by atoms with Crippen LogP contribution in [0.1, 0.15) is 77.5 Å². The number of aromatic nitrogens is 3. The molecule has 3 aromatic heterocycles. The zero-order valence-corrected chi connectivity index (χ0v) is 37.9. The fraction of sp³-hybridized carbons (Fsp3) is 0.161. The SMILES string of the molecule is [2H]c1c([2H])c([2H])c(-c2cccc(-c3c([2H])c([2H])c([2H])c([2H])c3[2H])c2[N+]2=C=[N+](c3[c-]c(C(F)(F)c4[c-]c5c(cc4)c4ncccc4n5-c4cc(C(C)(C)C)ccn4)cc(C(C)(C)C)c3)c3ccccc32)c([2H])c1[2H].[Pt+2]. The molecule has 0 bridgehead atoms. The Bertz CT molecular complexity index is 3780. The summed E-state index contributed by atoms with van der Waals surface area (Å²) >= 11 is 0. The van der Waals surface area contributed by atoms with Crippen molar-refractivity contribution in [3.05, 3.63) is 198 Å². The van der Waals surface area contributed by atoms with Gasteiger partial charge in [-0.2, -0.15) is 18.2 Å². The van der Waals surface area contributed by atoms with Gasteiger partial charge in [-0.3, -0.25) is 4.98 Å². The molecular weight excluding hydrogens is 976 g/mol. The molecule has 10 rings (SSSR count). The number of benzene rings is 6. The first-order chi connectivity index (χ1) is 34.4. The molecule has 0 radical (unpaired) electrons.